The van der Waals surface area contributed by atoms with Crippen LogP contribution in [0.15, 0.2) is 72.9 Å². The second-order valence-corrected chi connectivity index (χ2v) is 6.72. The summed E-state index contributed by atoms with van der Waals surface area (Å²) < 4.78 is 2.15. The zero-order valence-corrected chi connectivity index (χ0v) is 15.7. The van der Waals surface area contributed by atoms with Gasteiger partial charge in [0.15, 0.2) is 0 Å². The number of carbonyl (C=O) groups excluding carboxylic acids is 1. The summed E-state index contributed by atoms with van der Waals surface area (Å²) in [5, 5.41) is 0.762. The van der Waals surface area contributed by atoms with Crippen LogP contribution in [-0.2, 0) is 13.1 Å². The number of carbonyl (C=O) groups is 1. The maximum absolute atomic E-state index is 12.9. The molecule has 3 rings (SSSR count). The summed E-state index contributed by atoms with van der Waals surface area (Å²) in [6, 6.07) is 21.4. The molecule has 0 N–H and O–H groups in total. The average molecular weight is 367 g/mol. The monoisotopic (exact) mass is 366 g/mol. The van der Waals surface area contributed by atoms with Crippen LogP contribution >= 0.6 is 11.6 Å². The molecule has 0 aliphatic heterocycles. The van der Waals surface area contributed by atoms with Crippen LogP contribution in [0.4, 0.5) is 0 Å². The summed E-state index contributed by atoms with van der Waals surface area (Å²) in [6.45, 7) is 4.10. The van der Waals surface area contributed by atoms with Crippen molar-refractivity contribution in [1.82, 2.24) is 9.47 Å². The van der Waals surface area contributed by atoms with Crippen molar-refractivity contribution in [1.29, 1.82) is 0 Å². The van der Waals surface area contributed by atoms with Crippen molar-refractivity contribution in [2.24, 2.45) is 0 Å². The van der Waals surface area contributed by atoms with Gasteiger partial charge in [-0.05, 0) is 42.3 Å². The number of amides is 1. The molecule has 0 unspecified atom stereocenters. The molecule has 4 heteroatoms. The van der Waals surface area contributed by atoms with Crippen LogP contribution in [0, 0.1) is 0 Å². The van der Waals surface area contributed by atoms with Gasteiger partial charge in [0.05, 0.1) is 6.54 Å². The van der Waals surface area contributed by atoms with Gasteiger partial charge in [-0.2, -0.15) is 0 Å². The van der Waals surface area contributed by atoms with E-state index in [0.29, 0.717) is 13.1 Å². The van der Waals surface area contributed by atoms with Gasteiger partial charge in [-0.1, -0.05) is 54.9 Å². The van der Waals surface area contributed by atoms with Gasteiger partial charge in [-0.25, -0.2) is 0 Å². The van der Waals surface area contributed by atoms with Crippen molar-refractivity contribution in [3.05, 3.63) is 94.8 Å². The predicted molar refractivity (Wildman–Crippen MR) is 106 cm³/mol. The molecule has 2 aromatic carbocycles. The molecule has 3 nitrogen and oxygen atoms in total. The molecular formula is C22H23ClN2O. The summed E-state index contributed by atoms with van der Waals surface area (Å²) in [5.74, 6) is 0.0675. The lowest BCUT2D eigenvalue weighted by atomic mass is 10.2. The SMILES string of the molecule is CCCN(Cc1cccn1Cc1ccccc1Cl)C(=O)c1ccccc1. The molecule has 0 saturated carbocycles. The Hall–Kier alpha value is -2.52. The lowest BCUT2D eigenvalue weighted by molar-refractivity contribution is 0.0739. The van der Waals surface area contributed by atoms with E-state index in [1.54, 1.807) is 0 Å². The van der Waals surface area contributed by atoms with Gasteiger partial charge in [0.1, 0.15) is 0 Å². The number of benzene rings is 2. The Morgan fingerprint density at radius 3 is 2.46 bits per heavy atom. The molecule has 3 aromatic rings. The van der Waals surface area contributed by atoms with Crippen molar-refractivity contribution in [3.8, 4) is 0 Å². The molecule has 0 radical (unpaired) electrons. The molecule has 1 aromatic heterocycles. The number of rotatable bonds is 7. The highest BCUT2D eigenvalue weighted by Gasteiger charge is 2.17. The lowest BCUT2D eigenvalue weighted by Gasteiger charge is -2.23. The Kier molecular flexibility index (Phi) is 6.13. The minimum atomic E-state index is 0.0675. The number of hydrogen-bond donors (Lipinski definition) is 0. The number of aromatic nitrogens is 1. The van der Waals surface area contributed by atoms with Crippen LogP contribution in [-0.4, -0.2) is 21.9 Å². The molecule has 0 aliphatic rings. The third kappa shape index (κ3) is 4.36. The van der Waals surface area contributed by atoms with E-state index in [0.717, 1.165) is 34.8 Å². The fourth-order valence-electron chi connectivity index (χ4n) is 3.04. The quantitative estimate of drug-likeness (QED) is 0.561. The Morgan fingerprint density at radius 1 is 1.00 bits per heavy atom. The van der Waals surface area contributed by atoms with Crippen molar-refractivity contribution in [2.45, 2.75) is 26.4 Å². The second kappa shape index (κ2) is 8.72. The predicted octanol–water partition coefficient (Wildman–Crippen LogP) is 5.24. The Balaban J connectivity index is 1.79. The van der Waals surface area contributed by atoms with Crippen LogP contribution in [0.3, 0.4) is 0 Å². The molecule has 26 heavy (non-hydrogen) atoms. The van der Waals surface area contributed by atoms with E-state index in [-0.39, 0.29) is 5.91 Å². The first-order chi connectivity index (χ1) is 12.7. The molecule has 0 saturated heterocycles. The summed E-state index contributed by atoms with van der Waals surface area (Å²) in [6.07, 6.45) is 2.96. The Labute approximate surface area is 159 Å². The van der Waals surface area contributed by atoms with E-state index in [1.165, 1.54) is 0 Å². The molecule has 0 aliphatic carbocycles. The number of halogens is 1. The average Bonchev–Trinajstić information content (AvgIpc) is 3.10. The van der Waals surface area contributed by atoms with Crippen molar-refractivity contribution in [3.63, 3.8) is 0 Å². The molecule has 0 spiro atoms. The topological polar surface area (TPSA) is 25.2 Å². The molecule has 0 fully saturated rings. The van der Waals surface area contributed by atoms with E-state index in [2.05, 4.69) is 17.6 Å². The van der Waals surface area contributed by atoms with E-state index >= 15 is 0 Å². The largest absolute Gasteiger partial charge is 0.345 e. The van der Waals surface area contributed by atoms with E-state index in [9.17, 15) is 4.79 Å². The zero-order chi connectivity index (χ0) is 18.4. The molecule has 1 heterocycles. The number of hydrogen-bond acceptors (Lipinski definition) is 1. The normalized spacial score (nSPS) is 10.7. The minimum absolute atomic E-state index is 0.0675. The molecule has 0 atom stereocenters. The van der Waals surface area contributed by atoms with Crippen molar-refractivity contribution >= 4 is 17.5 Å². The highest BCUT2D eigenvalue weighted by Crippen LogP contribution is 2.18. The van der Waals surface area contributed by atoms with Gasteiger partial charge in [0, 0.05) is 35.6 Å². The van der Waals surface area contributed by atoms with Crippen LogP contribution in [0.5, 0.6) is 0 Å². The first-order valence-corrected chi connectivity index (χ1v) is 9.28. The smallest absolute Gasteiger partial charge is 0.254 e. The summed E-state index contributed by atoms with van der Waals surface area (Å²) in [7, 11) is 0. The first-order valence-electron chi connectivity index (χ1n) is 8.90. The van der Waals surface area contributed by atoms with Gasteiger partial charge in [0.2, 0.25) is 0 Å². The van der Waals surface area contributed by atoms with Crippen molar-refractivity contribution < 1.29 is 4.79 Å². The second-order valence-electron chi connectivity index (χ2n) is 6.31. The Bertz CT molecular complexity index is 857. The Morgan fingerprint density at radius 2 is 1.73 bits per heavy atom. The summed E-state index contributed by atoms with van der Waals surface area (Å²) in [4.78, 5) is 14.8. The molecule has 0 bridgehead atoms. The fraction of sp³-hybridized carbons (Fsp3) is 0.227. The standard InChI is InChI=1S/C22H23ClN2O/c1-2-14-25(22(26)18-9-4-3-5-10-18)17-20-12-8-15-24(20)16-19-11-6-7-13-21(19)23/h3-13,15H,2,14,16-17H2,1H3. The number of nitrogens with zero attached hydrogens (tertiary/aromatic N) is 2. The summed E-state index contributed by atoms with van der Waals surface area (Å²) in [5.41, 5.74) is 2.90. The van der Waals surface area contributed by atoms with E-state index < -0.39 is 0 Å². The van der Waals surface area contributed by atoms with Crippen molar-refractivity contribution in [2.75, 3.05) is 6.54 Å². The zero-order valence-electron chi connectivity index (χ0n) is 14.9. The van der Waals surface area contributed by atoms with Crippen LogP contribution in [0.25, 0.3) is 0 Å². The first kappa shape index (κ1) is 18.3. The molecular weight excluding hydrogens is 344 g/mol. The van der Waals surface area contributed by atoms with Gasteiger partial charge in [-0.3, -0.25) is 4.79 Å². The van der Waals surface area contributed by atoms with E-state index in [4.69, 9.17) is 11.6 Å². The van der Waals surface area contributed by atoms with Crippen LogP contribution < -0.4 is 0 Å². The lowest BCUT2D eigenvalue weighted by Crippen LogP contribution is -2.32. The maximum atomic E-state index is 12.9. The van der Waals surface area contributed by atoms with Crippen LogP contribution in [0.2, 0.25) is 5.02 Å². The third-order valence-corrected chi connectivity index (χ3v) is 4.75. The van der Waals surface area contributed by atoms with Gasteiger partial charge >= 0.3 is 0 Å². The molecule has 1 amide bonds. The summed E-state index contributed by atoms with van der Waals surface area (Å²) >= 11 is 6.30. The van der Waals surface area contributed by atoms with Gasteiger partial charge in [-0.15, -0.1) is 0 Å². The maximum Gasteiger partial charge on any atom is 0.254 e. The highest BCUT2D eigenvalue weighted by molar-refractivity contribution is 6.31. The fourth-order valence-corrected chi connectivity index (χ4v) is 3.23. The van der Waals surface area contributed by atoms with Gasteiger partial charge in [0.25, 0.3) is 5.91 Å². The van der Waals surface area contributed by atoms with Crippen LogP contribution in [0.1, 0.15) is 35.0 Å². The molecule has 134 valence electrons. The highest BCUT2D eigenvalue weighted by atomic mass is 35.5. The third-order valence-electron chi connectivity index (χ3n) is 4.38. The van der Waals surface area contributed by atoms with Gasteiger partial charge < -0.3 is 9.47 Å². The minimum Gasteiger partial charge on any atom is -0.345 e. The van der Waals surface area contributed by atoms with E-state index in [1.807, 2.05) is 71.8 Å².